The minimum Gasteiger partial charge on any atom is -0.356 e. The molecule has 1 N–H and O–H groups in total. The zero-order valence-corrected chi connectivity index (χ0v) is 19.2. The molecule has 3 aromatic carbocycles. The lowest BCUT2D eigenvalue weighted by molar-refractivity contribution is -0.120. The Labute approximate surface area is 190 Å². The summed E-state index contributed by atoms with van der Waals surface area (Å²) in [6, 6.07) is 23.1. The van der Waals surface area contributed by atoms with E-state index in [-0.39, 0.29) is 23.7 Å². The average molecular weight is 427 g/mol. The van der Waals surface area contributed by atoms with Gasteiger partial charge in [-0.2, -0.15) is 0 Å². The predicted molar refractivity (Wildman–Crippen MR) is 131 cm³/mol. The molecular formula is C28H30N2O2. The van der Waals surface area contributed by atoms with E-state index in [9.17, 15) is 9.59 Å². The monoisotopic (exact) mass is 426 g/mol. The van der Waals surface area contributed by atoms with Gasteiger partial charge in [0.15, 0.2) is 0 Å². The highest BCUT2D eigenvalue weighted by molar-refractivity contribution is 6.01. The Bertz CT molecular complexity index is 1170. The molecule has 1 aliphatic heterocycles. The maximum absolute atomic E-state index is 13.3. The number of benzene rings is 3. The highest BCUT2D eigenvalue weighted by atomic mass is 16.2. The van der Waals surface area contributed by atoms with E-state index >= 15 is 0 Å². The first-order valence-corrected chi connectivity index (χ1v) is 11.1. The molecule has 0 atom stereocenters. The number of fused-ring (bicyclic) bond motifs is 5. The van der Waals surface area contributed by atoms with Crippen LogP contribution in [0.15, 0.2) is 66.7 Å². The van der Waals surface area contributed by atoms with Crippen LogP contribution in [0.2, 0.25) is 0 Å². The van der Waals surface area contributed by atoms with Gasteiger partial charge >= 0.3 is 0 Å². The molecule has 2 amide bonds. The molecule has 1 aliphatic rings. The number of carbonyl (C=O) groups is 2. The Morgan fingerprint density at radius 1 is 0.875 bits per heavy atom. The summed E-state index contributed by atoms with van der Waals surface area (Å²) in [6.45, 7) is 8.98. The van der Waals surface area contributed by atoms with Crippen LogP contribution in [0.3, 0.4) is 0 Å². The molecule has 3 aromatic rings. The molecule has 1 heterocycles. The van der Waals surface area contributed by atoms with Crippen molar-refractivity contribution in [1.82, 2.24) is 5.32 Å². The summed E-state index contributed by atoms with van der Waals surface area (Å²) in [5.74, 6) is -0.129. The zero-order valence-electron chi connectivity index (χ0n) is 19.2. The van der Waals surface area contributed by atoms with E-state index in [0.717, 1.165) is 27.9 Å². The smallest absolute Gasteiger partial charge is 0.229 e. The lowest BCUT2D eigenvalue weighted by Crippen LogP contribution is -2.34. The Balaban J connectivity index is 1.89. The highest BCUT2D eigenvalue weighted by Gasteiger charge is 2.26. The van der Waals surface area contributed by atoms with Crippen LogP contribution in [0.5, 0.6) is 0 Å². The number of rotatable bonds is 3. The van der Waals surface area contributed by atoms with Gasteiger partial charge < -0.3 is 10.2 Å². The van der Waals surface area contributed by atoms with E-state index in [1.807, 2.05) is 29.2 Å². The normalized spacial score (nSPS) is 12.7. The SMILES string of the molecule is CC(=O)NCCC(=O)N1Cc2ccccc2-c2cc(C(C)(C)C)ccc2-c2ccccc21. The van der Waals surface area contributed by atoms with Crippen molar-refractivity contribution in [3.05, 3.63) is 77.9 Å². The van der Waals surface area contributed by atoms with Gasteiger partial charge in [-0.15, -0.1) is 0 Å². The van der Waals surface area contributed by atoms with Gasteiger partial charge in [-0.25, -0.2) is 0 Å². The summed E-state index contributed by atoms with van der Waals surface area (Å²) in [5.41, 5.74) is 7.87. The predicted octanol–water partition coefficient (Wildman–Crippen LogP) is 5.69. The molecule has 0 saturated heterocycles. The molecule has 4 nitrogen and oxygen atoms in total. The molecule has 0 radical (unpaired) electrons. The van der Waals surface area contributed by atoms with E-state index in [2.05, 4.69) is 68.6 Å². The third kappa shape index (κ3) is 4.31. The fourth-order valence-electron chi connectivity index (χ4n) is 4.28. The van der Waals surface area contributed by atoms with Crippen molar-refractivity contribution in [2.24, 2.45) is 0 Å². The van der Waals surface area contributed by atoms with Crippen molar-refractivity contribution in [3.63, 3.8) is 0 Å². The Hall–Kier alpha value is -3.40. The highest BCUT2D eigenvalue weighted by Crippen LogP contribution is 2.43. The maximum Gasteiger partial charge on any atom is 0.229 e. The first-order valence-electron chi connectivity index (χ1n) is 11.1. The van der Waals surface area contributed by atoms with Crippen LogP contribution in [0, 0.1) is 0 Å². The molecule has 0 fully saturated rings. The van der Waals surface area contributed by atoms with Crippen LogP contribution < -0.4 is 10.2 Å². The van der Waals surface area contributed by atoms with Crippen molar-refractivity contribution in [2.45, 2.75) is 46.1 Å². The van der Waals surface area contributed by atoms with E-state index in [0.29, 0.717) is 13.1 Å². The van der Waals surface area contributed by atoms with Crippen molar-refractivity contribution < 1.29 is 9.59 Å². The summed E-state index contributed by atoms with van der Waals surface area (Å²) in [6.07, 6.45) is 0.256. The quantitative estimate of drug-likeness (QED) is 0.585. The van der Waals surface area contributed by atoms with Crippen molar-refractivity contribution in [1.29, 1.82) is 0 Å². The van der Waals surface area contributed by atoms with Gasteiger partial charge in [0.05, 0.1) is 12.2 Å². The Kier molecular flexibility index (Phi) is 5.88. The number of anilines is 1. The van der Waals surface area contributed by atoms with E-state index in [4.69, 9.17) is 0 Å². The molecule has 0 spiro atoms. The van der Waals surface area contributed by atoms with Gasteiger partial charge in [-0.1, -0.05) is 75.4 Å². The first kappa shape index (κ1) is 21.8. The minimum atomic E-state index is -0.125. The molecule has 4 rings (SSSR count). The lowest BCUT2D eigenvalue weighted by atomic mass is 9.81. The lowest BCUT2D eigenvalue weighted by Gasteiger charge is -2.31. The van der Waals surface area contributed by atoms with Crippen molar-refractivity contribution in [2.75, 3.05) is 11.4 Å². The number of nitrogens with one attached hydrogen (secondary N) is 1. The van der Waals surface area contributed by atoms with E-state index in [1.165, 1.54) is 18.1 Å². The largest absolute Gasteiger partial charge is 0.356 e. The molecule has 0 aromatic heterocycles. The fourth-order valence-corrected chi connectivity index (χ4v) is 4.28. The number of carbonyl (C=O) groups excluding carboxylic acids is 2. The number of hydrogen-bond donors (Lipinski definition) is 1. The van der Waals surface area contributed by atoms with Crippen molar-refractivity contribution in [3.8, 4) is 22.3 Å². The van der Waals surface area contributed by atoms with Gasteiger partial charge in [0.1, 0.15) is 0 Å². The van der Waals surface area contributed by atoms with Crippen LogP contribution in [0.4, 0.5) is 5.69 Å². The third-order valence-corrected chi connectivity index (χ3v) is 6.02. The summed E-state index contributed by atoms with van der Waals surface area (Å²) in [4.78, 5) is 26.4. The number of nitrogens with zero attached hydrogens (tertiary/aromatic N) is 1. The second-order valence-corrected chi connectivity index (χ2v) is 9.40. The molecule has 4 heteroatoms. The first-order chi connectivity index (χ1) is 15.3. The van der Waals surface area contributed by atoms with Crippen LogP contribution in [0.1, 0.15) is 45.2 Å². The minimum absolute atomic E-state index is 0.00392. The van der Waals surface area contributed by atoms with Gasteiger partial charge in [-0.05, 0) is 45.4 Å². The molecule has 0 saturated carbocycles. The van der Waals surface area contributed by atoms with Gasteiger partial charge in [-0.3, -0.25) is 9.59 Å². The number of hydrogen-bond acceptors (Lipinski definition) is 2. The standard InChI is InChI=1S/C28H30N2O2/c1-19(31)29-16-15-27(32)30-18-20-9-5-6-10-22(20)25-17-21(28(2,3)4)13-14-23(25)24-11-7-8-12-26(24)30/h5-14,17H,15-16,18H2,1-4H3,(H,29,31). The molecule has 0 unspecified atom stereocenters. The fraction of sp³-hybridized carbons (Fsp3) is 0.286. The number of para-hydroxylation sites is 1. The molecule has 0 aliphatic carbocycles. The van der Waals surface area contributed by atoms with Crippen LogP contribution in [-0.2, 0) is 21.5 Å². The summed E-state index contributed by atoms with van der Waals surface area (Å²) in [7, 11) is 0. The number of amides is 2. The second kappa shape index (κ2) is 8.62. The third-order valence-electron chi connectivity index (χ3n) is 6.02. The Morgan fingerprint density at radius 3 is 2.28 bits per heavy atom. The maximum atomic E-state index is 13.3. The average Bonchev–Trinajstić information content (AvgIpc) is 2.75. The van der Waals surface area contributed by atoms with Crippen LogP contribution in [0.25, 0.3) is 22.3 Å². The zero-order chi connectivity index (χ0) is 22.9. The topological polar surface area (TPSA) is 49.4 Å². The van der Waals surface area contributed by atoms with Crippen LogP contribution in [-0.4, -0.2) is 18.4 Å². The summed E-state index contributed by atoms with van der Waals surface area (Å²) < 4.78 is 0. The summed E-state index contributed by atoms with van der Waals surface area (Å²) >= 11 is 0. The Morgan fingerprint density at radius 2 is 1.56 bits per heavy atom. The summed E-state index contributed by atoms with van der Waals surface area (Å²) in [5, 5.41) is 2.74. The van der Waals surface area contributed by atoms with E-state index < -0.39 is 0 Å². The molecule has 32 heavy (non-hydrogen) atoms. The molecule has 0 bridgehead atoms. The van der Waals surface area contributed by atoms with Gasteiger partial charge in [0.25, 0.3) is 0 Å². The second-order valence-electron chi connectivity index (χ2n) is 9.40. The molecular weight excluding hydrogens is 396 g/mol. The van der Waals surface area contributed by atoms with Crippen LogP contribution >= 0.6 is 0 Å². The molecule has 164 valence electrons. The van der Waals surface area contributed by atoms with Gasteiger partial charge in [0, 0.05) is 25.5 Å². The van der Waals surface area contributed by atoms with Gasteiger partial charge in [0.2, 0.25) is 11.8 Å². The van der Waals surface area contributed by atoms with Crippen molar-refractivity contribution >= 4 is 17.5 Å². The van der Waals surface area contributed by atoms with E-state index in [1.54, 1.807) is 0 Å².